The third-order valence-electron chi connectivity index (χ3n) is 4.21. The van der Waals surface area contributed by atoms with Gasteiger partial charge in [-0.1, -0.05) is 12.1 Å². The van der Waals surface area contributed by atoms with Crippen molar-refractivity contribution in [2.24, 2.45) is 0 Å². The van der Waals surface area contributed by atoms with Crippen LogP contribution in [0.2, 0.25) is 0 Å². The van der Waals surface area contributed by atoms with Gasteiger partial charge in [-0.2, -0.15) is 0 Å². The highest BCUT2D eigenvalue weighted by Gasteiger charge is 2.41. The van der Waals surface area contributed by atoms with Gasteiger partial charge >= 0.3 is 5.97 Å². The number of hydrogen-bond acceptors (Lipinski definition) is 6. The minimum atomic E-state index is -0.597. The minimum Gasteiger partial charge on any atom is -0.507 e. The first kappa shape index (κ1) is 15.4. The molecule has 0 aromatic heterocycles. The van der Waals surface area contributed by atoms with Gasteiger partial charge in [0.05, 0.1) is 31.3 Å². The number of methoxy groups -OCH3 is 1. The van der Waals surface area contributed by atoms with Gasteiger partial charge in [-0.3, -0.25) is 14.4 Å². The van der Waals surface area contributed by atoms with E-state index >= 15 is 0 Å². The maximum absolute atomic E-state index is 12.7. The highest BCUT2D eigenvalue weighted by atomic mass is 16.5. The maximum atomic E-state index is 12.7. The zero-order valence-corrected chi connectivity index (χ0v) is 12.8. The van der Waals surface area contributed by atoms with Crippen LogP contribution in [-0.4, -0.2) is 42.0 Å². The molecule has 6 nitrogen and oxygen atoms in total. The lowest BCUT2D eigenvalue weighted by atomic mass is 9.78. The molecule has 23 heavy (non-hydrogen) atoms. The van der Waals surface area contributed by atoms with Crippen LogP contribution in [0.15, 0.2) is 29.3 Å². The predicted molar refractivity (Wildman–Crippen MR) is 79.4 cm³/mol. The topological polar surface area (TPSA) is 89.9 Å². The van der Waals surface area contributed by atoms with Gasteiger partial charge in [-0.25, -0.2) is 0 Å². The van der Waals surface area contributed by atoms with Crippen LogP contribution < -0.4 is 0 Å². The molecule has 1 heterocycles. The van der Waals surface area contributed by atoms with Crippen LogP contribution in [0.5, 0.6) is 5.75 Å². The summed E-state index contributed by atoms with van der Waals surface area (Å²) in [6.07, 6.45) is -0.972. The molecule has 2 atom stereocenters. The summed E-state index contributed by atoms with van der Waals surface area (Å²) in [6, 6.07) is 4.43. The molecule has 6 heteroatoms. The fourth-order valence-corrected chi connectivity index (χ4v) is 3.18. The first-order valence-corrected chi connectivity index (χ1v) is 7.30. The summed E-state index contributed by atoms with van der Waals surface area (Å²) < 4.78 is 10.3. The Labute approximate surface area is 132 Å². The van der Waals surface area contributed by atoms with Crippen LogP contribution in [0, 0.1) is 0 Å². The molecular formula is C17H16O6. The van der Waals surface area contributed by atoms with E-state index in [2.05, 4.69) is 4.74 Å². The first-order chi connectivity index (χ1) is 10.9. The minimum absolute atomic E-state index is 0.00667. The number of ketones is 2. The molecule has 3 rings (SSSR count). The Morgan fingerprint density at radius 3 is 2.78 bits per heavy atom. The molecule has 0 bridgehead atoms. The zero-order valence-electron chi connectivity index (χ0n) is 12.8. The highest BCUT2D eigenvalue weighted by molar-refractivity contribution is 6.28. The van der Waals surface area contributed by atoms with Crippen molar-refractivity contribution in [3.63, 3.8) is 0 Å². The SMILES string of the molecule is COC(=O)C[C@H]1CC2=C(C(=O)c3cccc(O)c3C2=O)[C@@H](C)O1. The van der Waals surface area contributed by atoms with Crippen molar-refractivity contribution in [1.82, 2.24) is 0 Å². The Bertz CT molecular complexity index is 745. The molecule has 1 aliphatic heterocycles. The van der Waals surface area contributed by atoms with E-state index in [1.807, 2.05) is 0 Å². The summed E-state index contributed by atoms with van der Waals surface area (Å²) in [5.74, 6) is -1.34. The predicted octanol–water partition coefficient (Wildman–Crippen LogP) is 1.81. The van der Waals surface area contributed by atoms with E-state index < -0.39 is 18.2 Å². The van der Waals surface area contributed by atoms with E-state index in [4.69, 9.17) is 4.74 Å². The van der Waals surface area contributed by atoms with Crippen molar-refractivity contribution in [3.8, 4) is 5.75 Å². The summed E-state index contributed by atoms with van der Waals surface area (Å²) in [5, 5.41) is 9.95. The molecule has 0 unspecified atom stereocenters. The van der Waals surface area contributed by atoms with Crippen LogP contribution in [0.25, 0.3) is 0 Å². The lowest BCUT2D eigenvalue weighted by Gasteiger charge is -2.33. The molecular weight excluding hydrogens is 300 g/mol. The standard InChI is InChI=1S/C17H16O6/c1-8-14-11(6-9(23-8)7-13(19)22-2)17(21)15-10(16(14)20)4-3-5-12(15)18/h3-5,8-9,18H,6-7H2,1-2H3/t8-,9-/m1/s1. The number of phenols is 1. The van der Waals surface area contributed by atoms with Crippen molar-refractivity contribution in [3.05, 3.63) is 40.5 Å². The Hall–Kier alpha value is -2.47. The Balaban J connectivity index is 2.02. The second kappa shape index (κ2) is 5.62. The number of hydrogen-bond donors (Lipinski definition) is 1. The van der Waals surface area contributed by atoms with E-state index in [0.717, 1.165) is 0 Å². The fraction of sp³-hybridized carbons (Fsp3) is 0.353. The highest BCUT2D eigenvalue weighted by Crippen LogP contribution is 2.39. The number of carbonyl (C=O) groups excluding carboxylic acids is 3. The Kier molecular flexibility index (Phi) is 3.77. The average molecular weight is 316 g/mol. The Morgan fingerprint density at radius 1 is 1.35 bits per heavy atom. The lowest BCUT2D eigenvalue weighted by Crippen LogP contribution is -2.38. The number of phenolic OH excluding ortho intramolecular Hbond substituents is 1. The largest absolute Gasteiger partial charge is 0.507 e. The number of ether oxygens (including phenoxy) is 2. The molecule has 120 valence electrons. The van der Waals surface area contributed by atoms with Gasteiger partial charge in [0.15, 0.2) is 11.6 Å². The maximum Gasteiger partial charge on any atom is 0.308 e. The molecule has 0 spiro atoms. The molecule has 0 fully saturated rings. The summed E-state index contributed by atoms with van der Waals surface area (Å²) in [6.45, 7) is 1.68. The van der Waals surface area contributed by atoms with Crippen molar-refractivity contribution < 1.29 is 29.0 Å². The van der Waals surface area contributed by atoms with Gasteiger partial charge in [-0.15, -0.1) is 0 Å². The summed E-state index contributed by atoms with van der Waals surface area (Å²) in [5.41, 5.74) is 0.851. The molecule has 1 aromatic rings. The van der Waals surface area contributed by atoms with Gasteiger partial charge in [0.25, 0.3) is 0 Å². The second-order valence-corrected chi connectivity index (χ2v) is 5.63. The van der Waals surface area contributed by atoms with E-state index in [1.54, 1.807) is 6.92 Å². The monoisotopic (exact) mass is 316 g/mol. The van der Waals surface area contributed by atoms with Crippen LogP contribution in [0.1, 0.15) is 40.5 Å². The van der Waals surface area contributed by atoms with Crippen LogP contribution in [0.4, 0.5) is 0 Å². The van der Waals surface area contributed by atoms with Crippen molar-refractivity contribution in [2.45, 2.75) is 32.0 Å². The summed E-state index contributed by atoms with van der Waals surface area (Å²) in [4.78, 5) is 36.8. The summed E-state index contributed by atoms with van der Waals surface area (Å²) >= 11 is 0. The lowest BCUT2D eigenvalue weighted by molar-refractivity contribution is -0.144. The first-order valence-electron chi connectivity index (χ1n) is 7.30. The molecule has 0 saturated carbocycles. The van der Waals surface area contributed by atoms with Crippen LogP contribution in [0.3, 0.4) is 0 Å². The molecule has 2 aliphatic rings. The quantitative estimate of drug-likeness (QED) is 0.837. The number of benzene rings is 1. The normalized spacial score (nSPS) is 23.4. The van der Waals surface area contributed by atoms with E-state index in [0.29, 0.717) is 11.1 Å². The molecule has 1 N–H and O–H groups in total. The van der Waals surface area contributed by atoms with E-state index in [9.17, 15) is 19.5 Å². The Morgan fingerprint density at radius 2 is 2.09 bits per heavy atom. The van der Waals surface area contributed by atoms with Gasteiger partial charge in [-0.05, 0) is 13.0 Å². The van der Waals surface area contributed by atoms with Crippen molar-refractivity contribution >= 4 is 17.5 Å². The fourth-order valence-electron chi connectivity index (χ4n) is 3.18. The van der Waals surface area contributed by atoms with Gasteiger partial charge in [0, 0.05) is 23.1 Å². The third-order valence-corrected chi connectivity index (χ3v) is 4.21. The van der Waals surface area contributed by atoms with Crippen molar-refractivity contribution in [1.29, 1.82) is 0 Å². The van der Waals surface area contributed by atoms with Crippen LogP contribution >= 0.6 is 0 Å². The van der Waals surface area contributed by atoms with E-state index in [1.165, 1.54) is 25.3 Å². The second-order valence-electron chi connectivity index (χ2n) is 5.63. The van der Waals surface area contributed by atoms with Crippen molar-refractivity contribution in [2.75, 3.05) is 7.11 Å². The number of Topliss-reactive ketones (excluding diaryl/α,β-unsaturated/α-hetero) is 2. The molecule has 1 aromatic carbocycles. The number of esters is 1. The van der Waals surface area contributed by atoms with Gasteiger partial charge < -0.3 is 14.6 Å². The third kappa shape index (κ3) is 2.45. The summed E-state index contributed by atoms with van der Waals surface area (Å²) in [7, 11) is 1.28. The zero-order chi connectivity index (χ0) is 16.7. The number of rotatable bonds is 2. The molecule has 0 radical (unpaired) electrons. The van der Waals surface area contributed by atoms with Gasteiger partial charge in [0.2, 0.25) is 0 Å². The molecule has 0 amide bonds. The number of aromatic hydroxyl groups is 1. The van der Waals surface area contributed by atoms with Crippen LogP contribution in [-0.2, 0) is 14.3 Å². The molecule has 0 saturated heterocycles. The van der Waals surface area contributed by atoms with Gasteiger partial charge in [0.1, 0.15) is 5.75 Å². The molecule has 1 aliphatic carbocycles. The average Bonchev–Trinajstić information content (AvgIpc) is 2.51. The smallest absolute Gasteiger partial charge is 0.308 e. The number of carbonyl (C=O) groups is 3. The van der Waals surface area contributed by atoms with E-state index in [-0.39, 0.29) is 41.3 Å². The number of fused-ring (bicyclic) bond motifs is 1.